The Balaban J connectivity index is 1.44. The molecule has 0 aromatic heterocycles. The van der Waals surface area contributed by atoms with Crippen molar-refractivity contribution in [3.05, 3.63) is 29.3 Å². The van der Waals surface area contributed by atoms with Gasteiger partial charge in [0.1, 0.15) is 0 Å². The van der Waals surface area contributed by atoms with Crippen molar-refractivity contribution in [1.82, 2.24) is 4.90 Å². The minimum Gasteiger partial charge on any atom is -0.478 e. The van der Waals surface area contributed by atoms with Gasteiger partial charge in [-0.25, -0.2) is 4.79 Å². The van der Waals surface area contributed by atoms with Crippen molar-refractivity contribution in [1.29, 1.82) is 0 Å². The Morgan fingerprint density at radius 3 is 2.32 bits per heavy atom. The molecule has 0 bridgehead atoms. The van der Waals surface area contributed by atoms with Crippen LogP contribution in [-0.4, -0.2) is 61.7 Å². The molecule has 2 aliphatic rings. The molecule has 3 rings (SSSR count). The van der Waals surface area contributed by atoms with Gasteiger partial charge in [-0.05, 0) is 80.5 Å². The maximum atomic E-state index is 12.7. The van der Waals surface area contributed by atoms with Gasteiger partial charge in [-0.15, -0.1) is 0 Å². The first-order valence-corrected chi connectivity index (χ1v) is 11.4. The Labute approximate surface area is 185 Å². The van der Waals surface area contributed by atoms with E-state index in [-0.39, 0.29) is 17.4 Å². The summed E-state index contributed by atoms with van der Waals surface area (Å²) >= 11 is 0. The monoisotopic (exact) mass is 431 g/mol. The highest BCUT2D eigenvalue weighted by atomic mass is 16.5. The Morgan fingerprint density at radius 1 is 1.10 bits per heavy atom. The van der Waals surface area contributed by atoms with Crippen molar-refractivity contribution >= 4 is 17.6 Å². The van der Waals surface area contributed by atoms with Crippen LogP contribution in [0.15, 0.2) is 18.2 Å². The van der Waals surface area contributed by atoms with E-state index in [0.29, 0.717) is 25.2 Å². The van der Waals surface area contributed by atoms with Gasteiger partial charge >= 0.3 is 5.97 Å². The van der Waals surface area contributed by atoms with Gasteiger partial charge in [-0.1, -0.05) is 0 Å². The highest BCUT2D eigenvalue weighted by Crippen LogP contribution is 2.32. The number of hydrogen-bond acceptors (Lipinski definition) is 5. The molecule has 1 amide bonds. The van der Waals surface area contributed by atoms with E-state index in [0.717, 1.165) is 49.8 Å². The maximum absolute atomic E-state index is 12.7. The molecule has 1 aromatic rings. The van der Waals surface area contributed by atoms with E-state index in [1.807, 2.05) is 37.0 Å². The highest BCUT2D eigenvalue weighted by molar-refractivity contribution is 5.89. The van der Waals surface area contributed by atoms with Crippen molar-refractivity contribution < 1.29 is 19.4 Å². The number of carboxylic acid groups (broad SMARTS) is 1. The van der Waals surface area contributed by atoms with Crippen LogP contribution in [0.5, 0.6) is 0 Å². The van der Waals surface area contributed by atoms with Crippen LogP contribution in [0.1, 0.15) is 60.9 Å². The van der Waals surface area contributed by atoms with Crippen molar-refractivity contribution in [3.63, 3.8) is 0 Å². The van der Waals surface area contributed by atoms with E-state index in [9.17, 15) is 14.7 Å². The molecule has 0 heterocycles. The van der Waals surface area contributed by atoms with Crippen LogP contribution in [0.3, 0.4) is 0 Å². The molecular formula is C24H37N3O4. The van der Waals surface area contributed by atoms with Crippen molar-refractivity contribution in [3.8, 4) is 0 Å². The SMILES string of the molecule is CN(C)c1cc(COC[C@H]2CC[C@H]([C@H](N)C(=O)N(C)C3CCC3)CC2)cc(C(=O)O)c1. The summed E-state index contributed by atoms with van der Waals surface area (Å²) in [4.78, 5) is 27.8. The van der Waals surface area contributed by atoms with Gasteiger partial charge in [-0.2, -0.15) is 0 Å². The predicted molar refractivity (Wildman–Crippen MR) is 121 cm³/mol. The molecule has 2 saturated carbocycles. The molecular weight excluding hydrogens is 394 g/mol. The molecule has 0 saturated heterocycles. The van der Waals surface area contributed by atoms with Crippen molar-refractivity contribution in [2.75, 3.05) is 32.6 Å². The van der Waals surface area contributed by atoms with Crippen LogP contribution in [0.25, 0.3) is 0 Å². The molecule has 0 aliphatic heterocycles. The van der Waals surface area contributed by atoms with E-state index >= 15 is 0 Å². The van der Waals surface area contributed by atoms with Gasteiger partial charge in [0.15, 0.2) is 0 Å². The van der Waals surface area contributed by atoms with Crippen LogP contribution >= 0.6 is 0 Å². The van der Waals surface area contributed by atoms with Gasteiger partial charge in [0.25, 0.3) is 0 Å². The molecule has 2 aliphatic carbocycles. The van der Waals surface area contributed by atoms with E-state index in [1.54, 1.807) is 12.1 Å². The summed E-state index contributed by atoms with van der Waals surface area (Å²) in [5.74, 6) is -0.128. The Kier molecular flexibility index (Phi) is 7.94. The molecule has 3 N–H and O–H groups in total. The fourth-order valence-corrected chi connectivity index (χ4v) is 4.59. The van der Waals surface area contributed by atoms with Crippen LogP contribution < -0.4 is 10.6 Å². The Hall–Kier alpha value is -2.12. The minimum absolute atomic E-state index is 0.0967. The van der Waals surface area contributed by atoms with Crippen LogP contribution in [0.2, 0.25) is 0 Å². The summed E-state index contributed by atoms with van der Waals surface area (Å²) in [5.41, 5.74) is 8.32. The zero-order chi connectivity index (χ0) is 22.5. The number of carboxylic acids is 1. The lowest BCUT2D eigenvalue weighted by atomic mass is 9.78. The second kappa shape index (κ2) is 10.5. The third-order valence-corrected chi connectivity index (χ3v) is 7.02. The summed E-state index contributed by atoms with van der Waals surface area (Å²) in [6.45, 7) is 1.04. The number of rotatable bonds is 9. The number of ether oxygens (including phenoxy) is 1. The zero-order valence-electron chi connectivity index (χ0n) is 19.0. The standard InChI is InChI=1S/C24H37N3O4/c1-26(2)21-12-17(11-19(13-21)24(29)30)15-31-14-16-7-9-18(10-8-16)22(25)23(28)27(3)20-5-4-6-20/h11-13,16,18,20,22H,4-10,14-15,25H2,1-3H3,(H,29,30)/t16-,18-,22-/m0/s1. The van der Waals surface area contributed by atoms with Gasteiger partial charge in [0.05, 0.1) is 18.2 Å². The lowest BCUT2D eigenvalue weighted by molar-refractivity contribution is -0.136. The quantitative estimate of drug-likeness (QED) is 0.624. The summed E-state index contributed by atoms with van der Waals surface area (Å²) in [5, 5.41) is 9.34. The zero-order valence-corrected chi connectivity index (χ0v) is 19.0. The summed E-state index contributed by atoms with van der Waals surface area (Å²) in [7, 11) is 5.68. The van der Waals surface area contributed by atoms with Crippen molar-refractivity contribution in [2.45, 2.75) is 63.6 Å². The first kappa shape index (κ1) is 23.5. The second-order valence-corrected chi connectivity index (χ2v) is 9.44. The number of likely N-dealkylation sites (N-methyl/N-ethyl adjacent to an activating group) is 1. The van der Waals surface area contributed by atoms with Gasteiger partial charge in [0.2, 0.25) is 5.91 Å². The lowest BCUT2D eigenvalue weighted by Crippen LogP contribution is -2.52. The number of anilines is 1. The predicted octanol–water partition coefficient (Wildman–Crippen LogP) is 3.11. The maximum Gasteiger partial charge on any atom is 0.335 e. The number of amides is 1. The summed E-state index contributed by atoms with van der Waals surface area (Å²) < 4.78 is 5.95. The molecule has 1 atom stereocenters. The van der Waals surface area contributed by atoms with Crippen LogP contribution in [0.4, 0.5) is 5.69 Å². The number of carbonyl (C=O) groups is 2. The van der Waals surface area contributed by atoms with E-state index in [4.69, 9.17) is 10.5 Å². The molecule has 0 unspecified atom stereocenters. The fourth-order valence-electron chi connectivity index (χ4n) is 4.59. The number of nitrogens with two attached hydrogens (primary N) is 1. The first-order chi connectivity index (χ1) is 14.8. The topological polar surface area (TPSA) is 96.1 Å². The third-order valence-electron chi connectivity index (χ3n) is 7.02. The third kappa shape index (κ3) is 5.98. The van der Waals surface area contributed by atoms with Crippen molar-refractivity contribution in [2.24, 2.45) is 17.6 Å². The normalized spacial score (nSPS) is 22.5. The second-order valence-electron chi connectivity index (χ2n) is 9.44. The number of hydrogen-bond donors (Lipinski definition) is 2. The molecule has 2 fully saturated rings. The Morgan fingerprint density at radius 2 is 1.77 bits per heavy atom. The lowest BCUT2D eigenvalue weighted by Gasteiger charge is -2.38. The number of aromatic carboxylic acids is 1. The van der Waals surface area contributed by atoms with Gasteiger partial charge < -0.3 is 25.4 Å². The largest absolute Gasteiger partial charge is 0.478 e. The molecule has 172 valence electrons. The molecule has 7 heteroatoms. The summed E-state index contributed by atoms with van der Waals surface area (Å²) in [6, 6.07) is 5.30. The van der Waals surface area contributed by atoms with E-state index in [2.05, 4.69) is 0 Å². The van der Waals surface area contributed by atoms with Gasteiger partial charge in [0, 0.05) is 39.5 Å². The minimum atomic E-state index is -0.933. The molecule has 31 heavy (non-hydrogen) atoms. The summed E-state index contributed by atoms with van der Waals surface area (Å²) in [6.07, 6.45) is 7.35. The molecule has 1 aromatic carbocycles. The van der Waals surface area contributed by atoms with Gasteiger partial charge in [-0.3, -0.25) is 4.79 Å². The number of nitrogens with zero attached hydrogens (tertiary/aromatic N) is 2. The highest BCUT2D eigenvalue weighted by Gasteiger charge is 2.34. The van der Waals surface area contributed by atoms with E-state index in [1.165, 1.54) is 6.42 Å². The fraction of sp³-hybridized carbons (Fsp3) is 0.667. The first-order valence-electron chi connectivity index (χ1n) is 11.4. The van der Waals surface area contributed by atoms with E-state index < -0.39 is 12.0 Å². The number of benzene rings is 1. The van der Waals surface area contributed by atoms with Crippen LogP contribution in [-0.2, 0) is 16.1 Å². The number of carbonyl (C=O) groups excluding carboxylic acids is 1. The Bertz CT molecular complexity index is 770. The molecule has 0 spiro atoms. The smallest absolute Gasteiger partial charge is 0.335 e. The molecule has 0 radical (unpaired) electrons. The average molecular weight is 432 g/mol. The molecule has 7 nitrogen and oxygen atoms in total. The average Bonchev–Trinajstić information content (AvgIpc) is 2.71. The van der Waals surface area contributed by atoms with Crippen LogP contribution in [0, 0.1) is 11.8 Å².